The van der Waals surface area contributed by atoms with Gasteiger partial charge in [0, 0.05) is 26.7 Å². The molecule has 0 fully saturated rings. The Hall–Kier alpha value is -1.75. The van der Waals surface area contributed by atoms with Gasteiger partial charge in [0.05, 0.1) is 13.7 Å². The summed E-state index contributed by atoms with van der Waals surface area (Å²) in [6.07, 6.45) is 0. The first-order chi connectivity index (χ1) is 10.6. The SMILES string of the molecule is CCNC(=NCCN(C)CC)N(C)Cc1ccc(OC)cc1. The maximum absolute atomic E-state index is 5.19. The second kappa shape index (κ2) is 10.1. The van der Waals surface area contributed by atoms with Crippen LogP contribution in [0.25, 0.3) is 0 Å². The molecule has 0 aliphatic carbocycles. The van der Waals surface area contributed by atoms with Crippen LogP contribution in [0.1, 0.15) is 19.4 Å². The van der Waals surface area contributed by atoms with Crippen molar-refractivity contribution in [2.24, 2.45) is 4.99 Å². The number of methoxy groups -OCH3 is 1. The van der Waals surface area contributed by atoms with Crippen molar-refractivity contribution in [1.29, 1.82) is 0 Å². The third-order valence-corrected chi connectivity index (χ3v) is 3.56. The number of rotatable bonds is 8. The van der Waals surface area contributed by atoms with Crippen LogP contribution in [0.15, 0.2) is 29.3 Å². The summed E-state index contributed by atoms with van der Waals surface area (Å²) >= 11 is 0. The summed E-state index contributed by atoms with van der Waals surface area (Å²) in [4.78, 5) is 9.11. The maximum Gasteiger partial charge on any atom is 0.194 e. The normalized spacial score (nSPS) is 11.6. The summed E-state index contributed by atoms with van der Waals surface area (Å²) in [6.45, 7) is 8.77. The zero-order valence-electron chi connectivity index (χ0n) is 14.6. The molecule has 0 unspecified atom stereocenters. The van der Waals surface area contributed by atoms with Crippen LogP contribution in [-0.2, 0) is 6.54 Å². The molecular formula is C17H30N4O. The van der Waals surface area contributed by atoms with E-state index in [2.05, 4.69) is 55.2 Å². The Morgan fingerprint density at radius 1 is 1.18 bits per heavy atom. The number of likely N-dealkylation sites (N-methyl/N-ethyl adjacent to an activating group) is 1. The van der Waals surface area contributed by atoms with Crippen molar-refractivity contribution in [2.75, 3.05) is 47.4 Å². The van der Waals surface area contributed by atoms with Gasteiger partial charge in [-0.25, -0.2) is 0 Å². The van der Waals surface area contributed by atoms with Gasteiger partial charge in [0.1, 0.15) is 5.75 Å². The van der Waals surface area contributed by atoms with E-state index in [1.54, 1.807) is 7.11 Å². The molecule has 22 heavy (non-hydrogen) atoms. The van der Waals surface area contributed by atoms with Gasteiger partial charge in [-0.05, 0) is 38.2 Å². The lowest BCUT2D eigenvalue weighted by molar-refractivity contribution is 0.361. The van der Waals surface area contributed by atoms with Gasteiger partial charge in [-0.1, -0.05) is 19.1 Å². The van der Waals surface area contributed by atoms with Gasteiger partial charge in [0.15, 0.2) is 5.96 Å². The number of hydrogen-bond acceptors (Lipinski definition) is 3. The molecular weight excluding hydrogens is 276 g/mol. The minimum atomic E-state index is 0.805. The summed E-state index contributed by atoms with van der Waals surface area (Å²) in [7, 11) is 5.86. The van der Waals surface area contributed by atoms with Gasteiger partial charge in [0.25, 0.3) is 0 Å². The molecule has 5 heteroatoms. The van der Waals surface area contributed by atoms with Crippen LogP contribution in [-0.4, -0.2) is 63.1 Å². The van der Waals surface area contributed by atoms with Gasteiger partial charge < -0.3 is 19.9 Å². The van der Waals surface area contributed by atoms with Crippen molar-refractivity contribution in [2.45, 2.75) is 20.4 Å². The predicted octanol–water partition coefficient (Wildman–Crippen LogP) is 2.04. The molecule has 0 spiro atoms. The van der Waals surface area contributed by atoms with Crippen molar-refractivity contribution >= 4 is 5.96 Å². The van der Waals surface area contributed by atoms with Crippen molar-refractivity contribution < 1.29 is 4.74 Å². The minimum Gasteiger partial charge on any atom is -0.497 e. The van der Waals surface area contributed by atoms with E-state index in [9.17, 15) is 0 Å². The first-order valence-corrected chi connectivity index (χ1v) is 7.91. The van der Waals surface area contributed by atoms with Crippen molar-refractivity contribution in [3.05, 3.63) is 29.8 Å². The second-order valence-corrected chi connectivity index (χ2v) is 5.34. The summed E-state index contributed by atoms with van der Waals surface area (Å²) in [5.41, 5.74) is 1.24. The van der Waals surface area contributed by atoms with E-state index < -0.39 is 0 Å². The molecule has 0 amide bonds. The second-order valence-electron chi connectivity index (χ2n) is 5.34. The third-order valence-electron chi connectivity index (χ3n) is 3.56. The van der Waals surface area contributed by atoms with Gasteiger partial charge >= 0.3 is 0 Å². The molecule has 1 rings (SSSR count). The van der Waals surface area contributed by atoms with E-state index in [4.69, 9.17) is 9.73 Å². The highest BCUT2D eigenvalue weighted by Gasteiger charge is 2.06. The summed E-state index contributed by atoms with van der Waals surface area (Å²) < 4.78 is 5.19. The molecule has 0 saturated carbocycles. The minimum absolute atomic E-state index is 0.805. The first-order valence-electron chi connectivity index (χ1n) is 7.91. The number of benzene rings is 1. The number of nitrogens with zero attached hydrogens (tertiary/aromatic N) is 3. The fourth-order valence-corrected chi connectivity index (χ4v) is 2.03. The monoisotopic (exact) mass is 306 g/mol. The summed E-state index contributed by atoms with van der Waals surface area (Å²) in [5.74, 6) is 1.83. The number of guanidine groups is 1. The molecule has 1 aromatic carbocycles. The topological polar surface area (TPSA) is 40.1 Å². The van der Waals surface area contributed by atoms with Gasteiger partial charge in [-0.2, -0.15) is 0 Å². The number of ether oxygens (including phenoxy) is 1. The summed E-state index contributed by atoms with van der Waals surface area (Å²) in [5, 5.41) is 3.35. The van der Waals surface area contributed by atoms with E-state index in [1.165, 1.54) is 5.56 Å². The fourth-order valence-electron chi connectivity index (χ4n) is 2.03. The smallest absolute Gasteiger partial charge is 0.194 e. The number of nitrogens with one attached hydrogen (secondary N) is 1. The van der Waals surface area contributed by atoms with Crippen molar-refractivity contribution in [3.8, 4) is 5.75 Å². The lowest BCUT2D eigenvalue weighted by Gasteiger charge is -2.22. The molecule has 0 bridgehead atoms. The van der Waals surface area contributed by atoms with E-state index in [1.807, 2.05) is 12.1 Å². The van der Waals surface area contributed by atoms with Crippen LogP contribution in [0.5, 0.6) is 5.75 Å². The van der Waals surface area contributed by atoms with E-state index in [0.717, 1.165) is 44.4 Å². The van der Waals surface area contributed by atoms with Crippen LogP contribution in [0, 0.1) is 0 Å². The predicted molar refractivity (Wildman–Crippen MR) is 93.6 cm³/mol. The van der Waals surface area contributed by atoms with Gasteiger partial charge in [-0.3, -0.25) is 4.99 Å². The number of aliphatic imine (C=N–C) groups is 1. The largest absolute Gasteiger partial charge is 0.497 e. The molecule has 1 N–H and O–H groups in total. The van der Waals surface area contributed by atoms with Crippen molar-refractivity contribution in [3.63, 3.8) is 0 Å². The molecule has 5 nitrogen and oxygen atoms in total. The Morgan fingerprint density at radius 3 is 2.41 bits per heavy atom. The first kappa shape index (κ1) is 18.3. The molecule has 0 aromatic heterocycles. The van der Waals surface area contributed by atoms with Gasteiger partial charge in [-0.15, -0.1) is 0 Å². The lowest BCUT2D eigenvalue weighted by atomic mass is 10.2. The Morgan fingerprint density at radius 2 is 1.86 bits per heavy atom. The Bertz CT molecular complexity index is 444. The molecule has 124 valence electrons. The highest BCUT2D eigenvalue weighted by atomic mass is 16.5. The van der Waals surface area contributed by atoms with Crippen LogP contribution in [0.4, 0.5) is 0 Å². The lowest BCUT2D eigenvalue weighted by Crippen LogP contribution is -2.39. The van der Waals surface area contributed by atoms with E-state index in [-0.39, 0.29) is 0 Å². The average Bonchev–Trinajstić information content (AvgIpc) is 2.54. The molecule has 0 saturated heterocycles. The third kappa shape index (κ3) is 6.35. The Labute approximate surface area is 135 Å². The zero-order valence-corrected chi connectivity index (χ0v) is 14.6. The van der Waals surface area contributed by atoms with Gasteiger partial charge in [0.2, 0.25) is 0 Å². The molecule has 1 aromatic rings. The Balaban J connectivity index is 2.62. The molecule has 0 atom stereocenters. The van der Waals surface area contributed by atoms with E-state index in [0.29, 0.717) is 0 Å². The average molecular weight is 306 g/mol. The maximum atomic E-state index is 5.19. The van der Waals surface area contributed by atoms with Crippen LogP contribution >= 0.6 is 0 Å². The standard InChI is InChI=1S/C17H30N4O/c1-6-18-17(19-12-13-20(3)7-2)21(4)14-15-8-10-16(22-5)11-9-15/h8-11H,6-7,12-14H2,1-5H3,(H,18,19). The highest BCUT2D eigenvalue weighted by molar-refractivity contribution is 5.79. The zero-order chi connectivity index (χ0) is 16.4. The molecule has 0 aliphatic rings. The van der Waals surface area contributed by atoms with Crippen LogP contribution in [0.3, 0.4) is 0 Å². The molecule has 0 aliphatic heterocycles. The fraction of sp³-hybridized carbons (Fsp3) is 0.588. The molecule has 0 radical (unpaired) electrons. The molecule has 0 heterocycles. The Kier molecular flexibility index (Phi) is 8.36. The van der Waals surface area contributed by atoms with E-state index >= 15 is 0 Å². The number of hydrogen-bond donors (Lipinski definition) is 1. The van der Waals surface area contributed by atoms with Crippen LogP contribution < -0.4 is 10.1 Å². The van der Waals surface area contributed by atoms with Crippen LogP contribution in [0.2, 0.25) is 0 Å². The highest BCUT2D eigenvalue weighted by Crippen LogP contribution is 2.12. The summed E-state index contributed by atoms with van der Waals surface area (Å²) in [6, 6.07) is 8.15. The quantitative estimate of drug-likeness (QED) is 0.589. The van der Waals surface area contributed by atoms with Crippen molar-refractivity contribution in [1.82, 2.24) is 15.1 Å².